The number of hydrogen-bond donors (Lipinski definition) is 1. The van der Waals surface area contributed by atoms with Crippen LogP contribution in [0, 0.1) is 0 Å². The molecule has 0 fully saturated rings. The summed E-state index contributed by atoms with van der Waals surface area (Å²) in [5, 5.41) is 0. The molecule has 0 aromatic heterocycles. The first-order valence-corrected chi connectivity index (χ1v) is 7.13. The maximum Gasteiger partial charge on any atom is 0.435 e. The largest absolute Gasteiger partial charge is 0.442 e. The zero-order chi connectivity index (χ0) is 16.3. The van der Waals surface area contributed by atoms with Crippen LogP contribution >= 0.6 is 0 Å². The van der Waals surface area contributed by atoms with Crippen molar-refractivity contribution in [1.29, 1.82) is 0 Å². The van der Waals surface area contributed by atoms with E-state index in [2.05, 4.69) is 37.9 Å². The van der Waals surface area contributed by atoms with Gasteiger partial charge in [0.2, 0.25) is 0 Å². The second-order valence-electron chi connectivity index (χ2n) is 7.21. The molecule has 2 N–H and O–H groups in total. The lowest BCUT2D eigenvalue weighted by Gasteiger charge is -2.19. The Morgan fingerprint density at radius 1 is 1.10 bits per heavy atom. The highest BCUT2D eigenvalue weighted by Crippen LogP contribution is 2.22. The summed E-state index contributed by atoms with van der Waals surface area (Å²) in [7, 11) is 0. The molecule has 0 radical (unpaired) electrons. The summed E-state index contributed by atoms with van der Waals surface area (Å²) in [6.45, 7) is 11.9. The fraction of sp³-hybridized carbons (Fsp3) is 0.529. The smallest absolute Gasteiger partial charge is 0.435 e. The molecule has 0 atom stereocenters. The average molecular weight is 290 g/mol. The van der Waals surface area contributed by atoms with Gasteiger partial charge in [-0.2, -0.15) is 4.99 Å². The summed E-state index contributed by atoms with van der Waals surface area (Å²) in [6, 6.07) is 8.18. The Hall–Kier alpha value is -1.84. The Morgan fingerprint density at radius 2 is 1.62 bits per heavy atom. The van der Waals surface area contributed by atoms with Crippen LogP contribution in [0.2, 0.25) is 0 Å². The van der Waals surface area contributed by atoms with Gasteiger partial charge in [-0.15, -0.1) is 0 Å². The third-order valence-electron chi connectivity index (χ3n) is 2.83. The Balaban J connectivity index is 2.71. The molecule has 1 rings (SSSR count). The number of amides is 1. The minimum atomic E-state index is -0.647. The van der Waals surface area contributed by atoms with Crippen molar-refractivity contribution < 1.29 is 9.53 Å². The number of hydrogen-bond acceptors (Lipinski definition) is 2. The molecule has 0 saturated heterocycles. The van der Waals surface area contributed by atoms with Gasteiger partial charge in [0.15, 0.2) is 0 Å². The fourth-order valence-corrected chi connectivity index (χ4v) is 1.77. The number of nitrogens with two attached hydrogens (primary N) is 1. The molecule has 0 bridgehead atoms. The fourth-order valence-electron chi connectivity index (χ4n) is 1.77. The molecule has 116 valence electrons. The van der Waals surface area contributed by atoms with E-state index in [0.717, 1.165) is 5.56 Å². The van der Waals surface area contributed by atoms with E-state index in [4.69, 9.17) is 10.5 Å². The number of rotatable bonds is 2. The van der Waals surface area contributed by atoms with E-state index >= 15 is 0 Å². The van der Waals surface area contributed by atoms with Crippen LogP contribution in [0.3, 0.4) is 0 Å². The zero-order valence-electron chi connectivity index (χ0n) is 13.9. The standard InChI is InChI=1S/C17H26N2O2/c1-16(2,3)13-9-7-12(8-10-13)11-14(18)19-15(20)21-17(4,5)6/h7-10H,11H2,1-6H3,(H2,18,19,20). The number of benzene rings is 1. The predicted molar refractivity (Wildman–Crippen MR) is 86.7 cm³/mol. The first-order chi connectivity index (χ1) is 9.47. The van der Waals surface area contributed by atoms with Crippen molar-refractivity contribution in [1.82, 2.24) is 0 Å². The Kier molecular flexibility index (Phi) is 5.15. The first-order valence-electron chi connectivity index (χ1n) is 7.13. The molecule has 0 aliphatic carbocycles. The van der Waals surface area contributed by atoms with Crippen molar-refractivity contribution in [2.45, 2.75) is 59.0 Å². The number of ether oxygens (including phenoxy) is 1. The molecule has 4 nitrogen and oxygen atoms in total. The lowest BCUT2D eigenvalue weighted by Crippen LogP contribution is -2.24. The molecule has 0 saturated carbocycles. The third-order valence-corrected chi connectivity index (χ3v) is 2.83. The molecule has 1 aromatic carbocycles. The van der Waals surface area contributed by atoms with Crippen molar-refractivity contribution >= 4 is 11.9 Å². The van der Waals surface area contributed by atoms with E-state index in [1.165, 1.54) is 5.56 Å². The second kappa shape index (κ2) is 6.29. The lowest BCUT2D eigenvalue weighted by molar-refractivity contribution is 0.0604. The van der Waals surface area contributed by atoms with Gasteiger partial charge in [0.05, 0.1) is 0 Å². The van der Waals surface area contributed by atoms with Gasteiger partial charge in [-0.3, -0.25) is 0 Å². The summed E-state index contributed by atoms with van der Waals surface area (Å²) in [4.78, 5) is 15.3. The van der Waals surface area contributed by atoms with E-state index < -0.39 is 11.7 Å². The van der Waals surface area contributed by atoms with Crippen molar-refractivity contribution in [3.05, 3.63) is 35.4 Å². The Bertz CT molecular complexity index is 517. The molecule has 0 aliphatic heterocycles. The van der Waals surface area contributed by atoms with Gasteiger partial charge in [0.1, 0.15) is 11.4 Å². The molecule has 1 aromatic rings. The normalized spacial score (nSPS) is 13.1. The second-order valence-corrected chi connectivity index (χ2v) is 7.21. The van der Waals surface area contributed by atoms with E-state index in [1.54, 1.807) is 20.8 Å². The van der Waals surface area contributed by atoms with Crippen LogP contribution < -0.4 is 5.73 Å². The van der Waals surface area contributed by atoms with Gasteiger partial charge in [0, 0.05) is 6.42 Å². The van der Waals surface area contributed by atoms with Crippen molar-refractivity contribution in [3.8, 4) is 0 Å². The average Bonchev–Trinajstić information content (AvgIpc) is 2.25. The van der Waals surface area contributed by atoms with Crippen LogP contribution in [-0.2, 0) is 16.6 Å². The van der Waals surface area contributed by atoms with Crippen molar-refractivity contribution in [2.75, 3.05) is 0 Å². The molecule has 0 heterocycles. The van der Waals surface area contributed by atoms with Gasteiger partial charge in [0.25, 0.3) is 0 Å². The summed E-state index contributed by atoms with van der Waals surface area (Å²) >= 11 is 0. The predicted octanol–water partition coefficient (Wildman–Crippen LogP) is 3.82. The highest BCUT2D eigenvalue weighted by molar-refractivity contribution is 5.92. The Labute approximate surface area is 127 Å². The van der Waals surface area contributed by atoms with E-state index in [9.17, 15) is 4.79 Å². The summed E-state index contributed by atoms with van der Waals surface area (Å²) < 4.78 is 5.10. The van der Waals surface area contributed by atoms with E-state index in [0.29, 0.717) is 6.42 Å². The van der Waals surface area contributed by atoms with Crippen molar-refractivity contribution in [2.24, 2.45) is 10.7 Å². The number of carbonyl (C=O) groups excluding carboxylic acids is 1. The number of aliphatic imine (C=N–C) groups is 1. The van der Waals surface area contributed by atoms with E-state index in [-0.39, 0.29) is 11.3 Å². The first kappa shape index (κ1) is 17.2. The molecule has 0 spiro atoms. The van der Waals surface area contributed by atoms with Crippen LogP contribution in [0.1, 0.15) is 52.7 Å². The maximum atomic E-state index is 11.6. The topological polar surface area (TPSA) is 64.7 Å². The summed E-state index contributed by atoms with van der Waals surface area (Å²) in [6.07, 6.45) is -0.213. The van der Waals surface area contributed by atoms with Crippen LogP contribution in [-0.4, -0.2) is 17.5 Å². The highest BCUT2D eigenvalue weighted by atomic mass is 16.6. The van der Waals surface area contributed by atoms with Crippen molar-refractivity contribution in [3.63, 3.8) is 0 Å². The maximum absolute atomic E-state index is 11.6. The summed E-state index contributed by atoms with van der Waals surface area (Å²) in [5.74, 6) is 0.257. The number of nitrogens with zero attached hydrogens (tertiary/aromatic N) is 1. The Morgan fingerprint density at radius 3 is 2.05 bits per heavy atom. The third kappa shape index (κ3) is 6.43. The van der Waals surface area contributed by atoms with Crippen LogP contribution in [0.5, 0.6) is 0 Å². The number of carbonyl (C=O) groups is 1. The van der Waals surface area contributed by atoms with Gasteiger partial charge >= 0.3 is 6.09 Å². The minimum absolute atomic E-state index is 0.120. The van der Waals surface area contributed by atoms with Gasteiger partial charge < -0.3 is 10.5 Å². The molecule has 21 heavy (non-hydrogen) atoms. The monoisotopic (exact) mass is 290 g/mol. The van der Waals surface area contributed by atoms with Gasteiger partial charge in [-0.1, -0.05) is 45.0 Å². The lowest BCUT2D eigenvalue weighted by atomic mass is 9.86. The highest BCUT2D eigenvalue weighted by Gasteiger charge is 2.16. The molecule has 0 unspecified atom stereocenters. The zero-order valence-corrected chi connectivity index (χ0v) is 13.9. The quantitative estimate of drug-likeness (QED) is 0.665. The molecular weight excluding hydrogens is 264 g/mol. The SMILES string of the molecule is CC(C)(C)OC(=O)/N=C(\N)Cc1ccc(C(C)(C)C)cc1. The molecule has 1 amide bonds. The number of amidine groups is 1. The minimum Gasteiger partial charge on any atom is -0.442 e. The van der Waals surface area contributed by atoms with Crippen LogP contribution in [0.25, 0.3) is 0 Å². The van der Waals surface area contributed by atoms with E-state index in [1.807, 2.05) is 12.1 Å². The molecule has 0 aliphatic rings. The molecular formula is C17H26N2O2. The van der Waals surface area contributed by atoms with Gasteiger partial charge in [-0.25, -0.2) is 4.79 Å². The molecule has 4 heteroatoms. The van der Waals surface area contributed by atoms with Crippen LogP contribution in [0.4, 0.5) is 4.79 Å². The van der Waals surface area contributed by atoms with Gasteiger partial charge in [-0.05, 0) is 37.3 Å². The summed E-state index contributed by atoms with van der Waals surface area (Å²) in [5.41, 5.74) is 7.64. The van der Waals surface area contributed by atoms with Crippen LogP contribution in [0.15, 0.2) is 29.3 Å².